The molecule has 3 nitrogen and oxygen atoms in total. The first kappa shape index (κ1) is 14.4. The first-order valence-corrected chi connectivity index (χ1v) is 6.91. The number of ether oxygens (including phenoxy) is 1. The molecule has 1 heterocycles. The number of piperidine rings is 1. The Morgan fingerprint density at radius 1 is 1.47 bits per heavy atom. The maximum absolute atomic E-state index is 13.4. The molecule has 1 aliphatic rings. The minimum atomic E-state index is -0.206. The van der Waals surface area contributed by atoms with Gasteiger partial charge in [-0.25, -0.2) is 4.39 Å². The molecule has 1 aromatic rings. The number of rotatable bonds is 5. The molecule has 1 fully saturated rings. The first-order chi connectivity index (χ1) is 9.22. The van der Waals surface area contributed by atoms with Gasteiger partial charge < -0.3 is 10.5 Å². The van der Waals surface area contributed by atoms with Crippen LogP contribution in [0.5, 0.6) is 0 Å². The van der Waals surface area contributed by atoms with Gasteiger partial charge in [0.25, 0.3) is 0 Å². The summed E-state index contributed by atoms with van der Waals surface area (Å²) >= 11 is 0. The molecule has 0 saturated carbocycles. The lowest BCUT2D eigenvalue weighted by atomic mass is 9.98. The lowest BCUT2D eigenvalue weighted by molar-refractivity contribution is 0.0873. The molecule has 1 atom stereocenters. The Morgan fingerprint density at radius 3 is 3.05 bits per heavy atom. The number of benzene rings is 1. The molecule has 0 aromatic heterocycles. The monoisotopic (exact) mass is 266 g/mol. The van der Waals surface area contributed by atoms with Gasteiger partial charge in [-0.3, -0.25) is 4.90 Å². The van der Waals surface area contributed by atoms with Crippen LogP contribution in [0, 0.1) is 11.7 Å². The van der Waals surface area contributed by atoms with Gasteiger partial charge >= 0.3 is 0 Å². The SMILES string of the molecule is COCC1CCCN(Cc2ccc(F)c(CN)c2)C1. The van der Waals surface area contributed by atoms with Crippen molar-refractivity contribution in [2.75, 3.05) is 26.8 Å². The molecule has 1 aliphatic heterocycles. The highest BCUT2D eigenvalue weighted by Crippen LogP contribution is 2.19. The normalized spacial score (nSPS) is 20.7. The Kier molecular flexibility index (Phi) is 5.31. The van der Waals surface area contributed by atoms with Gasteiger partial charge in [-0.05, 0) is 36.9 Å². The highest BCUT2D eigenvalue weighted by atomic mass is 19.1. The van der Waals surface area contributed by atoms with Gasteiger partial charge in [-0.1, -0.05) is 12.1 Å². The van der Waals surface area contributed by atoms with Gasteiger partial charge in [0.2, 0.25) is 0 Å². The van der Waals surface area contributed by atoms with Crippen LogP contribution < -0.4 is 5.73 Å². The molecule has 1 saturated heterocycles. The highest BCUT2D eigenvalue weighted by Gasteiger charge is 2.19. The zero-order valence-electron chi connectivity index (χ0n) is 11.6. The number of hydrogen-bond acceptors (Lipinski definition) is 3. The van der Waals surface area contributed by atoms with E-state index in [1.165, 1.54) is 18.9 Å². The zero-order chi connectivity index (χ0) is 13.7. The Hall–Kier alpha value is -0.970. The summed E-state index contributed by atoms with van der Waals surface area (Å²) in [5, 5.41) is 0. The third-order valence-corrected chi connectivity index (χ3v) is 3.74. The van der Waals surface area contributed by atoms with E-state index in [2.05, 4.69) is 4.90 Å². The fraction of sp³-hybridized carbons (Fsp3) is 0.600. The third kappa shape index (κ3) is 4.00. The van der Waals surface area contributed by atoms with Crippen molar-refractivity contribution in [3.63, 3.8) is 0 Å². The van der Waals surface area contributed by atoms with Gasteiger partial charge in [0.15, 0.2) is 0 Å². The van der Waals surface area contributed by atoms with Crippen molar-refractivity contribution in [3.8, 4) is 0 Å². The van der Waals surface area contributed by atoms with Gasteiger partial charge in [0.05, 0.1) is 6.61 Å². The van der Waals surface area contributed by atoms with E-state index in [0.717, 1.165) is 31.8 Å². The fourth-order valence-corrected chi connectivity index (χ4v) is 2.81. The minimum absolute atomic E-state index is 0.206. The molecule has 0 spiro atoms. The van der Waals surface area contributed by atoms with Crippen LogP contribution in [-0.4, -0.2) is 31.7 Å². The number of methoxy groups -OCH3 is 1. The predicted octanol–water partition coefficient (Wildman–Crippen LogP) is 2.14. The molecule has 1 unspecified atom stereocenters. The van der Waals surface area contributed by atoms with Crippen LogP contribution >= 0.6 is 0 Å². The quantitative estimate of drug-likeness (QED) is 0.887. The van der Waals surface area contributed by atoms with Crippen molar-refractivity contribution in [2.45, 2.75) is 25.9 Å². The van der Waals surface area contributed by atoms with E-state index >= 15 is 0 Å². The molecule has 0 radical (unpaired) electrons. The van der Waals surface area contributed by atoms with Crippen molar-refractivity contribution in [2.24, 2.45) is 11.7 Å². The summed E-state index contributed by atoms with van der Waals surface area (Å²) in [6, 6.07) is 5.26. The highest BCUT2D eigenvalue weighted by molar-refractivity contribution is 5.25. The number of nitrogens with zero attached hydrogens (tertiary/aromatic N) is 1. The summed E-state index contributed by atoms with van der Waals surface area (Å²) in [4.78, 5) is 2.42. The summed E-state index contributed by atoms with van der Waals surface area (Å²) in [6.07, 6.45) is 2.45. The van der Waals surface area contributed by atoms with Crippen molar-refractivity contribution in [3.05, 3.63) is 35.1 Å². The average molecular weight is 266 g/mol. The van der Waals surface area contributed by atoms with E-state index in [1.807, 2.05) is 12.1 Å². The van der Waals surface area contributed by atoms with E-state index in [4.69, 9.17) is 10.5 Å². The summed E-state index contributed by atoms with van der Waals surface area (Å²) in [5.41, 5.74) is 7.28. The van der Waals surface area contributed by atoms with E-state index in [9.17, 15) is 4.39 Å². The molecular formula is C15H23FN2O. The second-order valence-electron chi connectivity index (χ2n) is 5.33. The Balaban J connectivity index is 1.96. The van der Waals surface area contributed by atoms with Crippen LogP contribution in [0.3, 0.4) is 0 Å². The molecule has 19 heavy (non-hydrogen) atoms. The number of halogens is 1. The summed E-state index contributed by atoms with van der Waals surface area (Å²) in [6.45, 7) is 4.12. The fourth-order valence-electron chi connectivity index (χ4n) is 2.81. The topological polar surface area (TPSA) is 38.5 Å². The lowest BCUT2D eigenvalue weighted by Crippen LogP contribution is -2.36. The van der Waals surface area contributed by atoms with Crippen LogP contribution in [0.1, 0.15) is 24.0 Å². The second-order valence-corrected chi connectivity index (χ2v) is 5.33. The van der Waals surface area contributed by atoms with Crippen molar-refractivity contribution in [1.82, 2.24) is 4.90 Å². The van der Waals surface area contributed by atoms with E-state index < -0.39 is 0 Å². The zero-order valence-corrected chi connectivity index (χ0v) is 11.6. The van der Waals surface area contributed by atoms with E-state index in [1.54, 1.807) is 7.11 Å². The Bertz CT molecular complexity index is 409. The standard InChI is InChI=1S/C15H23FN2O/c1-19-11-13-3-2-6-18(10-13)9-12-4-5-15(16)14(7-12)8-17/h4-5,7,13H,2-3,6,8-11,17H2,1H3. The van der Waals surface area contributed by atoms with Crippen molar-refractivity contribution >= 4 is 0 Å². The molecule has 0 amide bonds. The number of nitrogens with two attached hydrogens (primary N) is 1. The maximum atomic E-state index is 13.4. The summed E-state index contributed by atoms with van der Waals surface area (Å²) in [5.74, 6) is 0.412. The molecule has 2 rings (SSSR count). The molecule has 0 bridgehead atoms. The summed E-state index contributed by atoms with van der Waals surface area (Å²) < 4.78 is 18.6. The van der Waals surface area contributed by atoms with Gasteiger partial charge in [-0.2, -0.15) is 0 Å². The van der Waals surface area contributed by atoms with Crippen LogP contribution in [-0.2, 0) is 17.8 Å². The maximum Gasteiger partial charge on any atom is 0.127 e. The second kappa shape index (κ2) is 6.98. The molecule has 2 N–H and O–H groups in total. The van der Waals surface area contributed by atoms with Crippen LogP contribution in [0.15, 0.2) is 18.2 Å². The molecular weight excluding hydrogens is 243 g/mol. The van der Waals surface area contributed by atoms with E-state index in [0.29, 0.717) is 11.5 Å². The Morgan fingerprint density at radius 2 is 2.32 bits per heavy atom. The number of hydrogen-bond donors (Lipinski definition) is 1. The molecule has 1 aromatic carbocycles. The lowest BCUT2D eigenvalue weighted by Gasteiger charge is -2.32. The van der Waals surface area contributed by atoms with Crippen LogP contribution in [0.25, 0.3) is 0 Å². The van der Waals surface area contributed by atoms with Gasteiger partial charge in [0, 0.05) is 32.3 Å². The van der Waals surface area contributed by atoms with Crippen LogP contribution in [0.4, 0.5) is 4.39 Å². The first-order valence-electron chi connectivity index (χ1n) is 6.91. The number of likely N-dealkylation sites (tertiary alicyclic amines) is 1. The van der Waals surface area contributed by atoms with E-state index in [-0.39, 0.29) is 12.4 Å². The van der Waals surface area contributed by atoms with Gasteiger partial charge in [0.1, 0.15) is 5.82 Å². The summed E-state index contributed by atoms with van der Waals surface area (Å²) in [7, 11) is 1.76. The van der Waals surface area contributed by atoms with Crippen molar-refractivity contribution in [1.29, 1.82) is 0 Å². The van der Waals surface area contributed by atoms with Gasteiger partial charge in [-0.15, -0.1) is 0 Å². The van der Waals surface area contributed by atoms with Crippen LogP contribution in [0.2, 0.25) is 0 Å². The average Bonchev–Trinajstić information content (AvgIpc) is 2.42. The predicted molar refractivity (Wildman–Crippen MR) is 74.2 cm³/mol. The molecule has 4 heteroatoms. The largest absolute Gasteiger partial charge is 0.384 e. The minimum Gasteiger partial charge on any atom is -0.384 e. The molecule has 0 aliphatic carbocycles. The third-order valence-electron chi connectivity index (χ3n) is 3.74. The van der Waals surface area contributed by atoms with Crippen molar-refractivity contribution < 1.29 is 9.13 Å². The molecule has 106 valence electrons. The Labute approximate surface area is 114 Å². The smallest absolute Gasteiger partial charge is 0.127 e.